The maximum atomic E-state index is 11.6. The van der Waals surface area contributed by atoms with Gasteiger partial charge in [-0.1, -0.05) is 0 Å². The van der Waals surface area contributed by atoms with Gasteiger partial charge in [-0.05, 0) is 13.0 Å². The van der Waals surface area contributed by atoms with E-state index in [9.17, 15) is 4.79 Å². The van der Waals surface area contributed by atoms with Gasteiger partial charge in [0.2, 0.25) is 0 Å². The van der Waals surface area contributed by atoms with E-state index in [-0.39, 0.29) is 11.9 Å². The highest BCUT2D eigenvalue weighted by Gasteiger charge is 2.18. The largest absolute Gasteiger partial charge is 0.370 e. The van der Waals surface area contributed by atoms with Crippen molar-refractivity contribution in [2.45, 2.75) is 13.2 Å². The standard InChI is InChI=1S/C9H13N3O2S/c1-2-10-7-3-4-12(9(13)11-7)8-5-15-6-14-8/h3-4,8H,2,5-6H2,1H3,(H,10,11,13)/t8-/m0/s1. The number of hydrogen-bond acceptors (Lipinski definition) is 5. The number of nitrogens with one attached hydrogen (secondary N) is 1. The van der Waals surface area contributed by atoms with Gasteiger partial charge in [0.25, 0.3) is 0 Å². The topological polar surface area (TPSA) is 56.2 Å². The summed E-state index contributed by atoms with van der Waals surface area (Å²) in [5.74, 6) is 2.07. The van der Waals surface area contributed by atoms with Crippen LogP contribution in [0.4, 0.5) is 5.82 Å². The van der Waals surface area contributed by atoms with E-state index in [1.165, 1.54) is 4.57 Å². The smallest absolute Gasteiger partial charge is 0.351 e. The summed E-state index contributed by atoms with van der Waals surface area (Å²) in [6, 6.07) is 1.79. The predicted octanol–water partition coefficient (Wildman–Crippen LogP) is 0.895. The molecule has 2 rings (SSSR count). The third-order valence-corrected chi connectivity index (χ3v) is 2.93. The first-order chi connectivity index (χ1) is 7.31. The lowest BCUT2D eigenvalue weighted by molar-refractivity contribution is 0.0639. The average molecular weight is 227 g/mol. The number of hydrogen-bond donors (Lipinski definition) is 1. The monoisotopic (exact) mass is 227 g/mol. The third kappa shape index (κ3) is 2.32. The zero-order chi connectivity index (χ0) is 10.7. The fourth-order valence-corrected chi connectivity index (χ4v) is 2.20. The molecule has 1 N–H and O–H groups in total. The number of thioether (sulfide) groups is 1. The fraction of sp³-hybridized carbons (Fsp3) is 0.556. The van der Waals surface area contributed by atoms with E-state index in [0.29, 0.717) is 11.8 Å². The Morgan fingerprint density at radius 2 is 2.67 bits per heavy atom. The Bertz CT molecular complexity index is 387. The molecule has 1 saturated heterocycles. The minimum atomic E-state index is -0.263. The number of nitrogens with zero attached hydrogens (tertiary/aromatic N) is 2. The molecular weight excluding hydrogens is 214 g/mol. The van der Waals surface area contributed by atoms with Gasteiger partial charge in [-0.15, -0.1) is 11.8 Å². The zero-order valence-electron chi connectivity index (χ0n) is 8.47. The van der Waals surface area contributed by atoms with Gasteiger partial charge < -0.3 is 10.1 Å². The van der Waals surface area contributed by atoms with Crippen LogP contribution in [-0.2, 0) is 4.74 Å². The molecule has 82 valence electrons. The number of anilines is 1. The molecule has 1 aromatic heterocycles. The van der Waals surface area contributed by atoms with Crippen LogP contribution in [-0.4, -0.2) is 27.8 Å². The van der Waals surface area contributed by atoms with Gasteiger partial charge in [0.15, 0.2) is 0 Å². The predicted molar refractivity (Wildman–Crippen MR) is 60.1 cm³/mol. The van der Waals surface area contributed by atoms with Crippen LogP contribution >= 0.6 is 11.8 Å². The molecule has 0 unspecified atom stereocenters. The molecule has 1 aliphatic heterocycles. The van der Waals surface area contributed by atoms with Crippen molar-refractivity contribution in [1.82, 2.24) is 9.55 Å². The SMILES string of the molecule is CCNc1ccn([C@@H]2CSCO2)c(=O)n1. The minimum Gasteiger partial charge on any atom is -0.370 e. The molecule has 6 heteroatoms. The lowest BCUT2D eigenvalue weighted by Gasteiger charge is -2.12. The minimum absolute atomic E-state index is 0.161. The third-order valence-electron chi connectivity index (χ3n) is 2.10. The Labute approximate surface area is 91.8 Å². The highest BCUT2D eigenvalue weighted by Crippen LogP contribution is 2.23. The van der Waals surface area contributed by atoms with Gasteiger partial charge in [0.1, 0.15) is 12.0 Å². The van der Waals surface area contributed by atoms with Crippen molar-refractivity contribution in [3.63, 3.8) is 0 Å². The van der Waals surface area contributed by atoms with Crippen LogP contribution in [0.1, 0.15) is 13.2 Å². The molecule has 5 nitrogen and oxygen atoms in total. The second kappa shape index (κ2) is 4.67. The van der Waals surface area contributed by atoms with Crippen molar-refractivity contribution in [3.05, 3.63) is 22.7 Å². The molecule has 1 atom stereocenters. The van der Waals surface area contributed by atoms with Gasteiger partial charge in [-0.25, -0.2) is 4.79 Å². The molecule has 0 saturated carbocycles. The van der Waals surface area contributed by atoms with Crippen LogP contribution in [0.15, 0.2) is 17.1 Å². The normalized spacial score (nSPS) is 20.5. The summed E-state index contributed by atoms with van der Waals surface area (Å²) < 4.78 is 6.91. The van der Waals surface area contributed by atoms with Crippen LogP contribution in [0.5, 0.6) is 0 Å². The first-order valence-electron chi connectivity index (χ1n) is 4.83. The molecule has 1 aromatic rings. The molecule has 15 heavy (non-hydrogen) atoms. The molecular formula is C9H13N3O2S. The molecule has 0 aromatic carbocycles. The lowest BCUT2D eigenvalue weighted by atomic mass is 10.5. The van der Waals surface area contributed by atoms with Crippen molar-refractivity contribution < 1.29 is 4.74 Å². The van der Waals surface area contributed by atoms with Gasteiger partial charge in [-0.2, -0.15) is 4.98 Å². The Kier molecular flexibility index (Phi) is 3.27. The van der Waals surface area contributed by atoms with E-state index in [0.717, 1.165) is 12.3 Å². The lowest BCUT2D eigenvalue weighted by Crippen LogP contribution is -2.28. The van der Waals surface area contributed by atoms with Crippen molar-refractivity contribution in [1.29, 1.82) is 0 Å². The van der Waals surface area contributed by atoms with Crippen LogP contribution in [0.2, 0.25) is 0 Å². The zero-order valence-corrected chi connectivity index (χ0v) is 9.29. The average Bonchev–Trinajstić information content (AvgIpc) is 2.71. The van der Waals surface area contributed by atoms with Crippen LogP contribution in [0, 0.1) is 0 Å². The molecule has 2 heterocycles. The van der Waals surface area contributed by atoms with E-state index >= 15 is 0 Å². The van der Waals surface area contributed by atoms with E-state index in [2.05, 4.69) is 10.3 Å². The summed E-state index contributed by atoms with van der Waals surface area (Å²) in [6.45, 7) is 2.72. The van der Waals surface area contributed by atoms with Gasteiger partial charge >= 0.3 is 5.69 Å². The van der Waals surface area contributed by atoms with Crippen molar-refractivity contribution in [2.75, 3.05) is 23.6 Å². The van der Waals surface area contributed by atoms with Gasteiger partial charge in [-0.3, -0.25) is 4.57 Å². The van der Waals surface area contributed by atoms with E-state index in [1.807, 2.05) is 6.92 Å². The molecule has 0 amide bonds. The van der Waals surface area contributed by atoms with E-state index in [1.54, 1.807) is 24.0 Å². The first-order valence-corrected chi connectivity index (χ1v) is 5.99. The Hall–Kier alpha value is -1.01. The molecule has 0 radical (unpaired) electrons. The molecule has 0 bridgehead atoms. The molecule has 1 fully saturated rings. The second-order valence-corrected chi connectivity index (χ2v) is 4.12. The summed E-state index contributed by atoms with van der Waals surface area (Å²) in [5, 5.41) is 3.00. The van der Waals surface area contributed by atoms with Crippen molar-refractivity contribution in [3.8, 4) is 0 Å². The van der Waals surface area contributed by atoms with Crippen molar-refractivity contribution in [2.24, 2.45) is 0 Å². The maximum Gasteiger partial charge on any atom is 0.351 e. The van der Waals surface area contributed by atoms with Crippen molar-refractivity contribution >= 4 is 17.6 Å². The first kappa shape index (κ1) is 10.5. The van der Waals surface area contributed by atoms with Crippen LogP contribution < -0.4 is 11.0 Å². The summed E-state index contributed by atoms with van der Waals surface area (Å²) in [6.07, 6.45) is 1.56. The summed E-state index contributed by atoms with van der Waals surface area (Å²) >= 11 is 1.67. The van der Waals surface area contributed by atoms with Crippen LogP contribution in [0.25, 0.3) is 0 Å². The molecule has 1 aliphatic rings. The Morgan fingerprint density at radius 1 is 1.80 bits per heavy atom. The maximum absolute atomic E-state index is 11.6. The highest BCUT2D eigenvalue weighted by molar-refractivity contribution is 7.99. The summed E-state index contributed by atoms with van der Waals surface area (Å²) in [7, 11) is 0. The number of rotatable bonds is 3. The fourth-order valence-electron chi connectivity index (χ4n) is 1.40. The number of ether oxygens (including phenoxy) is 1. The molecule has 0 aliphatic carbocycles. The quantitative estimate of drug-likeness (QED) is 0.831. The van der Waals surface area contributed by atoms with Gasteiger partial charge in [0.05, 0.1) is 5.94 Å². The van der Waals surface area contributed by atoms with Crippen LogP contribution in [0.3, 0.4) is 0 Å². The number of aromatic nitrogens is 2. The molecule has 0 spiro atoms. The van der Waals surface area contributed by atoms with E-state index < -0.39 is 0 Å². The Balaban J connectivity index is 2.22. The summed E-state index contributed by atoms with van der Waals surface area (Å²) in [4.78, 5) is 15.5. The second-order valence-electron chi connectivity index (χ2n) is 3.14. The highest BCUT2D eigenvalue weighted by atomic mass is 32.2. The summed E-state index contributed by atoms with van der Waals surface area (Å²) in [5.41, 5.74) is -0.263. The van der Waals surface area contributed by atoms with E-state index in [4.69, 9.17) is 4.74 Å². The van der Waals surface area contributed by atoms with Gasteiger partial charge in [0, 0.05) is 18.5 Å². The Morgan fingerprint density at radius 3 is 3.27 bits per heavy atom.